The lowest BCUT2D eigenvalue weighted by atomic mass is 9.98. The minimum atomic E-state index is 0.293. The van der Waals surface area contributed by atoms with E-state index in [4.69, 9.17) is 0 Å². The molecule has 0 saturated carbocycles. The zero-order valence-electron chi connectivity index (χ0n) is 11.7. The minimum absolute atomic E-state index is 0.293. The molecule has 0 radical (unpaired) electrons. The molecule has 0 aliphatic carbocycles. The van der Waals surface area contributed by atoms with Gasteiger partial charge in [-0.15, -0.1) is 0 Å². The van der Waals surface area contributed by atoms with E-state index in [0.717, 1.165) is 25.4 Å². The first-order valence-electron chi connectivity index (χ1n) is 7.14. The van der Waals surface area contributed by atoms with Crippen molar-refractivity contribution in [2.75, 3.05) is 20.1 Å². The van der Waals surface area contributed by atoms with Gasteiger partial charge in [-0.3, -0.25) is 4.79 Å². The van der Waals surface area contributed by atoms with E-state index in [2.05, 4.69) is 19.2 Å². The molecule has 1 aliphatic rings. The summed E-state index contributed by atoms with van der Waals surface area (Å²) in [5.41, 5.74) is 0. The third-order valence-corrected chi connectivity index (χ3v) is 3.87. The molecule has 1 amide bonds. The third-order valence-electron chi connectivity index (χ3n) is 3.87. The molecule has 1 fully saturated rings. The smallest absolute Gasteiger partial charge is 0.222 e. The van der Waals surface area contributed by atoms with Crippen molar-refractivity contribution in [3.05, 3.63) is 0 Å². The first-order chi connectivity index (χ1) is 8.17. The average molecular weight is 240 g/mol. The molecule has 3 heteroatoms. The Morgan fingerprint density at radius 1 is 1.47 bits per heavy atom. The van der Waals surface area contributed by atoms with Crippen molar-refractivity contribution in [2.45, 2.75) is 58.4 Å². The van der Waals surface area contributed by atoms with Gasteiger partial charge in [-0.2, -0.15) is 0 Å². The first kappa shape index (κ1) is 14.5. The summed E-state index contributed by atoms with van der Waals surface area (Å²) in [6.07, 6.45) is 6.93. The molecule has 1 aliphatic heterocycles. The number of hydrogen-bond acceptors (Lipinski definition) is 2. The van der Waals surface area contributed by atoms with Crippen molar-refractivity contribution >= 4 is 5.91 Å². The topological polar surface area (TPSA) is 32.3 Å². The molecule has 0 aromatic rings. The van der Waals surface area contributed by atoms with Gasteiger partial charge in [-0.05, 0) is 25.3 Å². The molecule has 0 spiro atoms. The number of likely N-dealkylation sites (N-methyl/N-ethyl adjacent to an activating group) is 1. The summed E-state index contributed by atoms with van der Waals surface area (Å²) in [5, 5.41) is 3.64. The number of nitrogens with zero attached hydrogens (tertiary/aromatic N) is 1. The van der Waals surface area contributed by atoms with E-state index in [9.17, 15) is 4.79 Å². The fraction of sp³-hybridized carbons (Fsp3) is 0.929. The second kappa shape index (κ2) is 7.70. The lowest BCUT2D eigenvalue weighted by Crippen LogP contribution is -2.47. The van der Waals surface area contributed by atoms with Crippen LogP contribution in [-0.2, 0) is 4.79 Å². The molecule has 2 unspecified atom stereocenters. The second-order valence-electron chi connectivity index (χ2n) is 5.33. The number of unbranched alkanes of at least 4 members (excludes halogenated alkanes) is 1. The molecule has 1 heterocycles. The van der Waals surface area contributed by atoms with Crippen LogP contribution >= 0.6 is 0 Å². The lowest BCUT2D eigenvalue weighted by Gasteiger charge is -2.31. The normalized spacial score (nSPS) is 22.9. The van der Waals surface area contributed by atoms with Gasteiger partial charge in [0.2, 0.25) is 5.91 Å². The molecule has 0 aromatic carbocycles. The number of carbonyl (C=O) groups is 1. The van der Waals surface area contributed by atoms with Crippen LogP contribution in [0.1, 0.15) is 52.4 Å². The van der Waals surface area contributed by atoms with Crippen LogP contribution in [0.25, 0.3) is 0 Å². The number of amides is 1. The predicted octanol–water partition coefficient (Wildman–Crippen LogP) is 2.41. The van der Waals surface area contributed by atoms with Gasteiger partial charge in [-0.25, -0.2) is 0 Å². The van der Waals surface area contributed by atoms with E-state index >= 15 is 0 Å². The SMILES string of the molecule is CCCCC(CC)CNC1CCC(=O)N(C)C1. The fourth-order valence-electron chi connectivity index (χ4n) is 2.46. The van der Waals surface area contributed by atoms with Crippen molar-refractivity contribution in [3.63, 3.8) is 0 Å². The first-order valence-corrected chi connectivity index (χ1v) is 7.14. The zero-order valence-corrected chi connectivity index (χ0v) is 11.7. The highest BCUT2D eigenvalue weighted by molar-refractivity contribution is 5.76. The number of carbonyl (C=O) groups excluding carboxylic acids is 1. The molecule has 0 aromatic heterocycles. The maximum atomic E-state index is 11.4. The Bertz CT molecular complexity index is 230. The van der Waals surface area contributed by atoms with Gasteiger partial charge in [0.15, 0.2) is 0 Å². The summed E-state index contributed by atoms with van der Waals surface area (Å²) < 4.78 is 0. The van der Waals surface area contributed by atoms with Crippen LogP contribution in [0.15, 0.2) is 0 Å². The standard InChI is InChI=1S/C14H28N2O/c1-4-6-7-12(5-2)10-15-13-8-9-14(17)16(3)11-13/h12-13,15H,4-11H2,1-3H3. The number of nitrogens with one attached hydrogen (secondary N) is 1. The number of rotatable bonds is 7. The predicted molar refractivity (Wildman–Crippen MR) is 72.0 cm³/mol. The van der Waals surface area contributed by atoms with Gasteiger partial charge in [0.25, 0.3) is 0 Å². The number of hydrogen-bond donors (Lipinski definition) is 1. The van der Waals surface area contributed by atoms with E-state index in [0.29, 0.717) is 18.4 Å². The summed E-state index contributed by atoms with van der Waals surface area (Å²) >= 11 is 0. The maximum Gasteiger partial charge on any atom is 0.222 e. The Hall–Kier alpha value is -0.570. The highest BCUT2D eigenvalue weighted by atomic mass is 16.2. The fourth-order valence-corrected chi connectivity index (χ4v) is 2.46. The Morgan fingerprint density at radius 3 is 2.82 bits per heavy atom. The van der Waals surface area contributed by atoms with Crippen molar-refractivity contribution in [3.8, 4) is 0 Å². The molecule has 100 valence electrons. The molecular formula is C14H28N2O. The molecule has 2 atom stereocenters. The van der Waals surface area contributed by atoms with Crippen molar-refractivity contribution in [1.29, 1.82) is 0 Å². The van der Waals surface area contributed by atoms with Crippen LogP contribution < -0.4 is 5.32 Å². The lowest BCUT2D eigenvalue weighted by molar-refractivity contribution is -0.132. The van der Waals surface area contributed by atoms with Crippen LogP contribution in [0.2, 0.25) is 0 Å². The van der Waals surface area contributed by atoms with Gasteiger partial charge in [-0.1, -0.05) is 33.1 Å². The van der Waals surface area contributed by atoms with Crippen LogP contribution in [0.3, 0.4) is 0 Å². The van der Waals surface area contributed by atoms with Gasteiger partial charge in [0.1, 0.15) is 0 Å². The van der Waals surface area contributed by atoms with Gasteiger partial charge in [0.05, 0.1) is 0 Å². The number of piperidine rings is 1. The van der Waals surface area contributed by atoms with E-state index in [1.54, 1.807) is 0 Å². The molecule has 1 rings (SSSR count). The Balaban J connectivity index is 2.22. The Kier molecular flexibility index (Phi) is 6.56. The van der Waals surface area contributed by atoms with E-state index in [1.807, 2.05) is 11.9 Å². The Labute approximate surface area is 106 Å². The molecule has 0 bridgehead atoms. The largest absolute Gasteiger partial charge is 0.344 e. The summed E-state index contributed by atoms with van der Waals surface area (Å²) in [5.74, 6) is 1.10. The van der Waals surface area contributed by atoms with E-state index < -0.39 is 0 Å². The second-order valence-corrected chi connectivity index (χ2v) is 5.33. The molecular weight excluding hydrogens is 212 g/mol. The van der Waals surface area contributed by atoms with E-state index in [-0.39, 0.29) is 0 Å². The molecule has 3 nitrogen and oxygen atoms in total. The average Bonchev–Trinajstić information content (AvgIpc) is 2.34. The van der Waals surface area contributed by atoms with Gasteiger partial charge >= 0.3 is 0 Å². The summed E-state index contributed by atoms with van der Waals surface area (Å²) in [4.78, 5) is 13.2. The van der Waals surface area contributed by atoms with Crippen LogP contribution in [0, 0.1) is 5.92 Å². The van der Waals surface area contributed by atoms with Crippen LogP contribution in [0.5, 0.6) is 0 Å². The zero-order chi connectivity index (χ0) is 12.7. The Morgan fingerprint density at radius 2 is 2.24 bits per heavy atom. The summed E-state index contributed by atoms with van der Waals surface area (Å²) in [6.45, 7) is 6.52. The summed E-state index contributed by atoms with van der Waals surface area (Å²) in [6, 6.07) is 0.508. The highest BCUT2D eigenvalue weighted by Crippen LogP contribution is 2.14. The van der Waals surface area contributed by atoms with Gasteiger partial charge in [0, 0.05) is 26.1 Å². The highest BCUT2D eigenvalue weighted by Gasteiger charge is 2.22. The molecule has 1 saturated heterocycles. The van der Waals surface area contributed by atoms with Crippen LogP contribution in [0.4, 0.5) is 0 Å². The van der Waals surface area contributed by atoms with Crippen molar-refractivity contribution in [1.82, 2.24) is 10.2 Å². The minimum Gasteiger partial charge on any atom is -0.344 e. The number of likely N-dealkylation sites (tertiary alicyclic amines) is 1. The van der Waals surface area contributed by atoms with Crippen LogP contribution in [-0.4, -0.2) is 37.0 Å². The molecule has 17 heavy (non-hydrogen) atoms. The quantitative estimate of drug-likeness (QED) is 0.741. The van der Waals surface area contributed by atoms with Crippen molar-refractivity contribution in [2.24, 2.45) is 5.92 Å². The van der Waals surface area contributed by atoms with E-state index in [1.165, 1.54) is 25.7 Å². The van der Waals surface area contributed by atoms with Crippen molar-refractivity contribution < 1.29 is 4.79 Å². The van der Waals surface area contributed by atoms with Gasteiger partial charge < -0.3 is 10.2 Å². The monoisotopic (exact) mass is 240 g/mol. The summed E-state index contributed by atoms with van der Waals surface area (Å²) in [7, 11) is 1.91. The third kappa shape index (κ3) is 5.07. The molecule has 1 N–H and O–H groups in total. The maximum absolute atomic E-state index is 11.4.